The molecule has 11 heteroatoms. The summed E-state index contributed by atoms with van der Waals surface area (Å²) in [4.78, 5) is 0. The molecule has 0 aliphatic heterocycles. The number of nitrogens with two attached hydrogens (primary N) is 1. The second kappa shape index (κ2) is 7.35. The van der Waals surface area contributed by atoms with E-state index in [1.54, 1.807) is 11.8 Å². The smallest absolute Gasteiger partial charge is 0.271 e. The van der Waals surface area contributed by atoms with Gasteiger partial charge < -0.3 is 15.0 Å². The van der Waals surface area contributed by atoms with Crippen LogP contribution in [-0.2, 0) is 5.75 Å². The van der Waals surface area contributed by atoms with Crippen molar-refractivity contribution in [3.05, 3.63) is 47.6 Å². The number of benzene rings is 1. The van der Waals surface area contributed by atoms with Gasteiger partial charge in [-0.25, -0.2) is 9.36 Å². The monoisotopic (exact) mass is 398 g/mol. The molecule has 0 atom stereocenters. The first kappa shape index (κ1) is 18.0. The summed E-state index contributed by atoms with van der Waals surface area (Å²) >= 11 is 1.35. The van der Waals surface area contributed by atoms with Gasteiger partial charge in [0.1, 0.15) is 5.75 Å². The molecule has 10 nitrogen and oxygen atoms in total. The predicted molar refractivity (Wildman–Crippen MR) is 103 cm³/mol. The molecule has 0 fully saturated rings. The van der Waals surface area contributed by atoms with Crippen molar-refractivity contribution in [3.63, 3.8) is 0 Å². The van der Waals surface area contributed by atoms with Crippen LogP contribution < -0.4 is 10.6 Å². The van der Waals surface area contributed by atoms with Crippen LogP contribution in [0.3, 0.4) is 0 Å². The van der Waals surface area contributed by atoms with E-state index in [1.165, 1.54) is 16.4 Å². The second-order valence-electron chi connectivity index (χ2n) is 6.01. The van der Waals surface area contributed by atoms with Crippen LogP contribution in [0.5, 0.6) is 5.75 Å². The topological polar surface area (TPSA) is 123 Å². The quantitative estimate of drug-likeness (QED) is 0.384. The van der Waals surface area contributed by atoms with Crippen LogP contribution >= 0.6 is 11.8 Å². The highest BCUT2D eigenvalue weighted by atomic mass is 32.2. The maximum Gasteiger partial charge on any atom is 0.271 e. The molecular formula is C17H18N8O2S. The first-order valence-electron chi connectivity index (χ1n) is 8.39. The van der Waals surface area contributed by atoms with Crippen LogP contribution in [0.1, 0.15) is 17.3 Å². The molecule has 28 heavy (non-hydrogen) atoms. The van der Waals surface area contributed by atoms with Crippen LogP contribution in [0.15, 0.2) is 39.9 Å². The molecule has 0 aliphatic rings. The highest BCUT2D eigenvalue weighted by Gasteiger charge is 2.16. The van der Waals surface area contributed by atoms with Crippen molar-refractivity contribution in [2.45, 2.75) is 24.8 Å². The van der Waals surface area contributed by atoms with E-state index in [0.717, 1.165) is 22.7 Å². The van der Waals surface area contributed by atoms with Crippen LogP contribution in [0.25, 0.3) is 17.4 Å². The van der Waals surface area contributed by atoms with Crippen LogP contribution in [-0.4, -0.2) is 42.0 Å². The molecule has 0 unspecified atom stereocenters. The van der Waals surface area contributed by atoms with Crippen molar-refractivity contribution in [3.8, 4) is 23.2 Å². The summed E-state index contributed by atoms with van der Waals surface area (Å²) in [6.07, 6.45) is 0. The lowest BCUT2D eigenvalue weighted by Crippen LogP contribution is -2.17. The van der Waals surface area contributed by atoms with E-state index < -0.39 is 0 Å². The highest BCUT2D eigenvalue weighted by molar-refractivity contribution is 7.98. The molecule has 4 aromatic rings. The minimum Gasteiger partial charge on any atom is -0.497 e. The number of ether oxygens (including phenoxy) is 1. The van der Waals surface area contributed by atoms with Gasteiger partial charge in [-0.15, -0.1) is 20.4 Å². The van der Waals surface area contributed by atoms with E-state index in [-0.39, 0.29) is 0 Å². The fourth-order valence-electron chi connectivity index (χ4n) is 2.63. The van der Waals surface area contributed by atoms with Crippen molar-refractivity contribution in [2.75, 3.05) is 13.0 Å². The maximum absolute atomic E-state index is 6.13. The minimum absolute atomic E-state index is 0.412. The lowest BCUT2D eigenvalue weighted by molar-refractivity contribution is 0.415. The molecule has 0 spiro atoms. The van der Waals surface area contributed by atoms with Crippen molar-refractivity contribution in [2.24, 2.45) is 0 Å². The van der Waals surface area contributed by atoms with Crippen LogP contribution in [0, 0.1) is 13.8 Å². The average Bonchev–Trinajstić information content (AvgIpc) is 3.39. The largest absolute Gasteiger partial charge is 0.497 e. The Morgan fingerprint density at radius 3 is 2.57 bits per heavy atom. The third-order valence-electron chi connectivity index (χ3n) is 3.97. The van der Waals surface area contributed by atoms with E-state index in [4.69, 9.17) is 15.0 Å². The summed E-state index contributed by atoms with van der Waals surface area (Å²) in [5, 5.41) is 21.3. The van der Waals surface area contributed by atoms with Crippen molar-refractivity contribution in [1.29, 1.82) is 0 Å². The van der Waals surface area contributed by atoms with Gasteiger partial charge >= 0.3 is 0 Å². The summed E-state index contributed by atoms with van der Waals surface area (Å²) in [5.74, 6) is 8.66. The third-order valence-corrected chi connectivity index (χ3v) is 4.90. The SMILES string of the molecule is COc1ccc(-c2nnc(CSc3nnc(-n4nc(C)cc4C)n3N)o2)cc1. The Morgan fingerprint density at radius 1 is 1.11 bits per heavy atom. The molecule has 0 aliphatic carbocycles. The molecule has 3 aromatic heterocycles. The maximum atomic E-state index is 6.13. The van der Waals surface area contributed by atoms with Gasteiger partial charge in [0.15, 0.2) is 0 Å². The summed E-state index contributed by atoms with van der Waals surface area (Å²) in [7, 11) is 1.62. The van der Waals surface area contributed by atoms with Gasteiger partial charge in [-0.05, 0) is 44.2 Å². The minimum atomic E-state index is 0.412. The van der Waals surface area contributed by atoms with Gasteiger partial charge in [0.2, 0.25) is 16.9 Å². The fraction of sp³-hybridized carbons (Fsp3) is 0.235. The molecule has 0 saturated carbocycles. The van der Waals surface area contributed by atoms with Gasteiger partial charge in [-0.1, -0.05) is 11.8 Å². The number of nitrogen functional groups attached to an aromatic ring is 1. The first-order valence-corrected chi connectivity index (χ1v) is 9.37. The molecule has 2 N–H and O–H groups in total. The molecule has 1 aromatic carbocycles. The van der Waals surface area contributed by atoms with E-state index in [9.17, 15) is 0 Å². The van der Waals surface area contributed by atoms with Gasteiger partial charge in [-0.3, -0.25) is 0 Å². The van der Waals surface area contributed by atoms with Gasteiger partial charge in [0, 0.05) is 11.3 Å². The zero-order chi connectivity index (χ0) is 19.7. The second-order valence-corrected chi connectivity index (χ2v) is 6.95. The summed E-state index contributed by atoms with van der Waals surface area (Å²) < 4.78 is 13.9. The molecule has 0 radical (unpaired) electrons. The van der Waals surface area contributed by atoms with Crippen molar-refractivity contribution < 1.29 is 9.15 Å². The molecule has 4 rings (SSSR count). The Balaban J connectivity index is 1.47. The third kappa shape index (κ3) is 3.43. The number of methoxy groups -OCH3 is 1. The molecule has 0 saturated heterocycles. The zero-order valence-electron chi connectivity index (χ0n) is 15.5. The first-order chi connectivity index (χ1) is 13.5. The number of hydrogen-bond donors (Lipinski definition) is 1. The Bertz CT molecular complexity index is 1100. The summed E-state index contributed by atoms with van der Waals surface area (Å²) in [5.41, 5.74) is 2.62. The van der Waals surface area contributed by atoms with E-state index >= 15 is 0 Å². The Morgan fingerprint density at radius 2 is 1.89 bits per heavy atom. The standard InChI is InChI=1S/C17H18N8O2S/c1-10-8-11(2)25(23-10)16-21-22-17(24(16)18)28-9-14-19-20-15(27-14)12-4-6-13(26-3)7-5-12/h4-8H,9,18H2,1-3H3. The molecule has 0 bridgehead atoms. The number of rotatable bonds is 6. The number of nitrogens with zero attached hydrogens (tertiary/aromatic N) is 7. The average molecular weight is 398 g/mol. The zero-order valence-corrected chi connectivity index (χ0v) is 16.3. The number of aromatic nitrogens is 7. The lowest BCUT2D eigenvalue weighted by atomic mass is 10.2. The number of aryl methyl sites for hydroxylation is 2. The van der Waals surface area contributed by atoms with E-state index in [0.29, 0.717) is 28.6 Å². The van der Waals surface area contributed by atoms with Gasteiger partial charge in [0.25, 0.3) is 5.95 Å². The normalized spacial score (nSPS) is 11.1. The molecule has 144 valence electrons. The summed E-state index contributed by atoms with van der Waals surface area (Å²) in [6.45, 7) is 3.84. The Labute approximate surface area is 164 Å². The molecule has 0 amide bonds. The van der Waals surface area contributed by atoms with Gasteiger partial charge in [-0.2, -0.15) is 5.10 Å². The molecular weight excluding hydrogens is 380 g/mol. The van der Waals surface area contributed by atoms with Crippen molar-refractivity contribution in [1.82, 2.24) is 34.9 Å². The number of thioether (sulfide) groups is 1. The van der Waals surface area contributed by atoms with E-state index in [2.05, 4.69) is 25.5 Å². The lowest BCUT2D eigenvalue weighted by Gasteiger charge is -2.04. The molecule has 3 heterocycles. The van der Waals surface area contributed by atoms with Crippen LogP contribution in [0.2, 0.25) is 0 Å². The number of hydrogen-bond acceptors (Lipinski definition) is 9. The Hall–Kier alpha value is -3.34. The fourth-order valence-corrected chi connectivity index (χ4v) is 3.32. The van der Waals surface area contributed by atoms with E-state index in [1.807, 2.05) is 44.2 Å². The Kier molecular flexibility index (Phi) is 4.74. The van der Waals surface area contributed by atoms with Gasteiger partial charge in [0.05, 0.1) is 18.6 Å². The highest BCUT2D eigenvalue weighted by Crippen LogP contribution is 2.25. The van der Waals surface area contributed by atoms with Crippen LogP contribution in [0.4, 0.5) is 0 Å². The summed E-state index contributed by atoms with van der Waals surface area (Å²) in [6, 6.07) is 9.35. The van der Waals surface area contributed by atoms with Crippen molar-refractivity contribution >= 4 is 11.8 Å². The predicted octanol–water partition coefficient (Wildman–Crippen LogP) is 2.15.